The van der Waals surface area contributed by atoms with Crippen molar-refractivity contribution in [3.8, 4) is 0 Å². The highest BCUT2D eigenvalue weighted by molar-refractivity contribution is 6.17. The van der Waals surface area contributed by atoms with Crippen molar-refractivity contribution in [1.82, 2.24) is 0 Å². The second-order valence-corrected chi connectivity index (χ2v) is 1.96. The topological polar surface area (TPSA) is 178 Å². The Morgan fingerprint density at radius 2 is 1.13 bits per heavy atom. The number of carbonyl (C=O) groups is 4. The van der Waals surface area contributed by atoms with Crippen molar-refractivity contribution in [2.24, 2.45) is 0 Å². The molecule has 0 bridgehead atoms. The molecule has 0 spiro atoms. The molecular weight excluding hydrogens is 216 g/mol. The molecule has 9 nitrogen and oxygen atoms in total. The number of carbonyl (C=O) groups excluding carboxylic acids is 4. The number of aliphatic hydroxyl groups excluding tert-OH is 2. The number of hydrogen-bond acceptors (Lipinski definition) is 9. The predicted molar refractivity (Wildman–Crippen MR) is 33.1 cm³/mol. The maximum atomic E-state index is 9.63. The third-order valence-electron chi connectivity index (χ3n) is 0.878. The van der Waals surface area contributed by atoms with E-state index < -0.39 is 30.1 Å². The molecule has 0 radical (unpaired) electrons. The first-order chi connectivity index (χ1) is 6.73. The number of aliphatic carboxylic acids is 3. The number of carboxylic acids is 3. The Kier molecular flexibility index (Phi) is 7.64. The molecule has 9 heteroatoms. The van der Waals surface area contributed by atoms with E-state index in [0.717, 1.165) is 0 Å². The highest BCUT2D eigenvalue weighted by Crippen LogP contribution is 1.88. The number of carboxylic acid groups (broad SMARTS) is 3. The van der Waals surface area contributed by atoms with Crippen molar-refractivity contribution in [2.45, 2.75) is 12.2 Å². The lowest BCUT2D eigenvalue weighted by Gasteiger charge is -2.18. The van der Waals surface area contributed by atoms with Crippen LogP contribution < -0.4 is 15.3 Å². The van der Waals surface area contributed by atoms with Gasteiger partial charge in [-0.25, -0.2) is 0 Å². The molecule has 0 saturated carbocycles. The Balaban J connectivity index is 0. The van der Waals surface area contributed by atoms with E-state index in [4.69, 9.17) is 24.9 Å². The van der Waals surface area contributed by atoms with Gasteiger partial charge in [0.15, 0.2) is 6.29 Å². The first-order valence-corrected chi connectivity index (χ1v) is 3.18. The van der Waals surface area contributed by atoms with E-state index in [2.05, 4.69) is 0 Å². The minimum absolute atomic E-state index is 0.278. The SMILES string of the molecule is O=C([O-])C(O)C(O)C(=O)[O-].O=CC(=O)[O-]. The van der Waals surface area contributed by atoms with Crippen LogP contribution in [0.15, 0.2) is 0 Å². The molecule has 0 aliphatic carbocycles. The Morgan fingerprint density at radius 3 is 1.20 bits per heavy atom. The average molecular weight is 221 g/mol. The van der Waals surface area contributed by atoms with Crippen molar-refractivity contribution < 1.29 is 44.7 Å². The van der Waals surface area contributed by atoms with Gasteiger partial charge in [0.25, 0.3) is 0 Å². The van der Waals surface area contributed by atoms with Crippen LogP contribution >= 0.6 is 0 Å². The quantitative estimate of drug-likeness (QED) is 0.344. The fraction of sp³-hybridized carbons (Fsp3) is 0.333. The lowest BCUT2D eigenvalue weighted by atomic mass is 10.2. The highest BCUT2D eigenvalue weighted by atomic mass is 16.4. The zero-order valence-corrected chi connectivity index (χ0v) is 6.98. The molecule has 0 aliphatic heterocycles. The zero-order valence-electron chi connectivity index (χ0n) is 6.98. The lowest BCUT2D eigenvalue weighted by Crippen LogP contribution is -2.51. The van der Waals surface area contributed by atoms with Crippen LogP contribution in [-0.4, -0.2) is 46.6 Å². The molecule has 15 heavy (non-hydrogen) atoms. The standard InChI is InChI=1S/C4H6O6.C2H2O3/c5-1(3(7)8)2(6)4(9)10;3-1-2(4)5/h1-2,5-6H,(H,7,8)(H,9,10);1H,(H,4,5)/p-3. The third kappa shape index (κ3) is 8.33. The van der Waals surface area contributed by atoms with Crippen LogP contribution in [0.5, 0.6) is 0 Å². The molecule has 86 valence electrons. The van der Waals surface area contributed by atoms with Crippen LogP contribution in [-0.2, 0) is 19.2 Å². The molecule has 0 amide bonds. The van der Waals surface area contributed by atoms with Crippen LogP contribution in [0.1, 0.15) is 0 Å². The number of rotatable bonds is 4. The number of aliphatic hydroxyl groups is 2. The summed E-state index contributed by atoms with van der Waals surface area (Å²) in [6.07, 6.45) is -5.16. The monoisotopic (exact) mass is 221 g/mol. The third-order valence-corrected chi connectivity index (χ3v) is 0.878. The van der Waals surface area contributed by atoms with Crippen molar-refractivity contribution in [2.75, 3.05) is 0 Å². The van der Waals surface area contributed by atoms with E-state index >= 15 is 0 Å². The van der Waals surface area contributed by atoms with Gasteiger partial charge in [-0.2, -0.15) is 0 Å². The molecule has 0 aromatic rings. The predicted octanol–water partition coefficient (Wildman–Crippen LogP) is -6.86. The van der Waals surface area contributed by atoms with Crippen molar-refractivity contribution in [3.05, 3.63) is 0 Å². The Bertz CT molecular complexity index is 239. The normalized spacial score (nSPS) is 12.7. The summed E-state index contributed by atoms with van der Waals surface area (Å²) in [5.74, 6) is -5.79. The molecule has 0 fully saturated rings. The van der Waals surface area contributed by atoms with Gasteiger partial charge < -0.3 is 39.9 Å². The maximum absolute atomic E-state index is 9.63. The van der Waals surface area contributed by atoms with Gasteiger partial charge in [0.1, 0.15) is 18.2 Å². The summed E-state index contributed by atoms with van der Waals surface area (Å²) in [5, 5.41) is 44.6. The summed E-state index contributed by atoms with van der Waals surface area (Å²) >= 11 is 0. The number of aldehydes is 1. The van der Waals surface area contributed by atoms with E-state index in [0.29, 0.717) is 0 Å². The van der Waals surface area contributed by atoms with Crippen LogP contribution in [0.4, 0.5) is 0 Å². The summed E-state index contributed by atoms with van der Waals surface area (Å²) in [4.78, 5) is 37.0. The van der Waals surface area contributed by atoms with Gasteiger partial charge >= 0.3 is 0 Å². The Labute approximate surface area is 82.2 Å². The minimum atomic E-state index is -2.44. The fourth-order valence-corrected chi connectivity index (χ4v) is 0.258. The summed E-state index contributed by atoms with van der Waals surface area (Å²) < 4.78 is 0. The largest absolute Gasteiger partial charge is 0.547 e. The highest BCUT2D eigenvalue weighted by Gasteiger charge is 2.17. The first kappa shape index (κ1) is 15.5. The Morgan fingerprint density at radius 1 is 0.933 bits per heavy atom. The van der Waals surface area contributed by atoms with Gasteiger partial charge in [-0.3, -0.25) is 4.79 Å². The molecule has 0 aromatic heterocycles. The molecule has 2 N–H and O–H groups in total. The smallest absolute Gasteiger partial charge is 0.165 e. The van der Waals surface area contributed by atoms with E-state index in [1.807, 2.05) is 0 Å². The second-order valence-electron chi connectivity index (χ2n) is 1.96. The number of hydrogen-bond donors (Lipinski definition) is 2. The van der Waals surface area contributed by atoms with Crippen LogP contribution in [0.2, 0.25) is 0 Å². The molecule has 0 saturated heterocycles. The van der Waals surface area contributed by atoms with E-state index in [9.17, 15) is 19.8 Å². The summed E-state index contributed by atoms with van der Waals surface area (Å²) in [7, 11) is 0. The molecular formula is C6H5O9-3. The van der Waals surface area contributed by atoms with E-state index in [1.165, 1.54) is 0 Å². The fourth-order valence-electron chi connectivity index (χ4n) is 0.258. The van der Waals surface area contributed by atoms with Gasteiger partial charge in [0.05, 0.1) is 11.9 Å². The molecule has 0 aliphatic rings. The molecule has 2 unspecified atom stereocenters. The van der Waals surface area contributed by atoms with E-state index in [1.54, 1.807) is 0 Å². The van der Waals surface area contributed by atoms with Crippen molar-refractivity contribution in [1.29, 1.82) is 0 Å². The summed E-state index contributed by atoms with van der Waals surface area (Å²) in [5.41, 5.74) is 0. The lowest BCUT2D eigenvalue weighted by molar-refractivity contribution is -0.333. The maximum Gasteiger partial charge on any atom is 0.165 e. The van der Waals surface area contributed by atoms with Gasteiger partial charge in [0, 0.05) is 0 Å². The minimum Gasteiger partial charge on any atom is -0.547 e. The molecule has 0 aromatic carbocycles. The summed E-state index contributed by atoms with van der Waals surface area (Å²) in [6.45, 7) is 0. The van der Waals surface area contributed by atoms with Gasteiger partial charge in [-0.05, 0) is 0 Å². The average Bonchev–Trinajstić information content (AvgIpc) is 2.16. The summed E-state index contributed by atoms with van der Waals surface area (Å²) in [6, 6.07) is 0. The second kappa shape index (κ2) is 7.41. The zero-order chi connectivity index (χ0) is 12.6. The first-order valence-electron chi connectivity index (χ1n) is 3.18. The van der Waals surface area contributed by atoms with E-state index in [-0.39, 0.29) is 6.29 Å². The Hall–Kier alpha value is -2.00. The molecule has 2 atom stereocenters. The van der Waals surface area contributed by atoms with Crippen LogP contribution in [0.25, 0.3) is 0 Å². The van der Waals surface area contributed by atoms with Gasteiger partial charge in [-0.1, -0.05) is 0 Å². The van der Waals surface area contributed by atoms with Crippen LogP contribution in [0, 0.1) is 0 Å². The van der Waals surface area contributed by atoms with Crippen LogP contribution in [0.3, 0.4) is 0 Å². The van der Waals surface area contributed by atoms with Crippen molar-refractivity contribution in [3.63, 3.8) is 0 Å². The molecule has 0 heterocycles. The van der Waals surface area contributed by atoms with Gasteiger partial charge in [0.2, 0.25) is 0 Å². The van der Waals surface area contributed by atoms with Crippen molar-refractivity contribution >= 4 is 24.2 Å². The molecule has 0 rings (SSSR count). The van der Waals surface area contributed by atoms with Gasteiger partial charge in [-0.15, -0.1) is 0 Å².